The van der Waals surface area contributed by atoms with Crippen molar-refractivity contribution >= 4 is 16.9 Å². The van der Waals surface area contributed by atoms with E-state index in [0.717, 1.165) is 40.6 Å². The number of pyridine rings is 1. The van der Waals surface area contributed by atoms with E-state index in [1.807, 2.05) is 19.9 Å². The molecular weight excluding hydrogens is 226 g/mol. The lowest BCUT2D eigenvalue weighted by molar-refractivity contribution is 0.0699. The average Bonchev–Trinajstić information content (AvgIpc) is 3.11. The zero-order valence-corrected chi connectivity index (χ0v) is 10.5. The first kappa shape index (κ1) is 11.2. The van der Waals surface area contributed by atoms with Gasteiger partial charge in [-0.05, 0) is 44.4 Å². The Morgan fingerprint density at radius 3 is 2.61 bits per heavy atom. The molecule has 0 amide bonds. The molecule has 0 bridgehead atoms. The molecule has 1 saturated carbocycles. The summed E-state index contributed by atoms with van der Waals surface area (Å²) in [5.41, 5.74) is 4.28. The molecule has 1 aliphatic carbocycles. The Bertz CT molecular complexity index is 657. The van der Waals surface area contributed by atoms with E-state index < -0.39 is 5.97 Å². The zero-order valence-electron chi connectivity index (χ0n) is 10.5. The molecule has 1 aromatic heterocycles. The Labute approximate surface area is 105 Å². The summed E-state index contributed by atoms with van der Waals surface area (Å²) in [6.45, 7) is 3.97. The van der Waals surface area contributed by atoms with E-state index in [2.05, 4.69) is 11.1 Å². The molecule has 3 heteroatoms. The standard InChI is InChI=1S/C15H15NO2/c1-8-5-9(2)14-11(6-8)12(15(17)18)7-13(16-14)10-3-4-10/h5-7,10H,3-4H2,1-2H3,(H,17,18). The molecular formula is C15H15NO2. The number of hydrogen-bond donors (Lipinski definition) is 1. The van der Waals surface area contributed by atoms with Crippen LogP contribution in [0.5, 0.6) is 0 Å². The number of rotatable bonds is 2. The number of aromatic nitrogens is 1. The van der Waals surface area contributed by atoms with Gasteiger partial charge in [-0.2, -0.15) is 0 Å². The SMILES string of the molecule is Cc1cc(C)c2nc(C3CC3)cc(C(=O)O)c2c1. The van der Waals surface area contributed by atoms with Crippen LogP contribution in [0.15, 0.2) is 18.2 Å². The van der Waals surface area contributed by atoms with Crippen LogP contribution in [0.1, 0.15) is 45.9 Å². The van der Waals surface area contributed by atoms with Gasteiger partial charge in [-0.15, -0.1) is 0 Å². The molecule has 1 aliphatic rings. The van der Waals surface area contributed by atoms with Crippen molar-refractivity contribution in [1.29, 1.82) is 0 Å². The van der Waals surface area contributed by atoms with Crippen LogP contribution in [0, 0.1) is 13.8 Å². The summed E-state index contributed by atoms with van der Waals surface area (Å²) in [4.78, 5) is 16.1. The Morgan fingerprint density at radius 2 is 2.00 bits per heavy atom. The van der Waals surface area contributed by atoms with Gasteiger partial charge in [-0.25, -0.2) is 4.79 Å². The fraction of sp³-hybridized carbons (Fsp3) is 0.333. The second kappa shape index (κ2) is 3.80. The summed E-state index contributed by atoms with van der Waals surface area (Å²) < 4.78 is 0. The summed E-state index contributed by atoms with van der Waals surface area (Å²) in [7, 11) is 0. The Hall–Kier alpha value is -1.90. The highest BCUT2D eigenvalue weighted by molar-refractivity contribution is 6.03. The summed E-state index contributed by atoms with van der Waals surface area (Å²) in [6, 6.07) is 5.72. The van der Waals surface area contributed by atoms with Gasteiger partial charge >= 0.3 is 5.97 Å². The highest BCUT2D eigenvalue weighted by Crippen LogP contribution is 2.40. The molecule has 0 atom stereocenters. The van der Waals surface area contributed by atoms with Crippen molar-refractivity contribution in [3.8, 4) is 0 Å². The number of fused-ring (bicyclic) bond motifs is 1. The van der Waals surface area contributed by atoms with Gasteiger partial charge in [0.05, 0.1) is 11.1 Å². The maximum Gasteiger partial charge on any atom is 0.336 e. The van der Waals surface area contributed by atoms with Crippen LogP contribution < -0.4 is 0 Å². The molecule has 0 saturated heterocycles. The molecule has 1 fully saturated rings. The second-order valence-corrected chi connectivity index (χ2v) is 5.15. The van der Waals surface area contributed by atoms with Crippen molar-refractivity contribution in [1.82, 2.24) is 4.98 Å². The van der Waals surface area contributed by atoms with Crippen molar-refractivity contribution in [2.45, 2.75) is 32.6 Å². The van der Waals surface area contributed by atoms with E-state index in [0.29, 0.717) is 11.5 Å². The number of carboxylic acids is 1. The van der Waals surface area contributed by atoms with Crippen LogP contribution >= 0.6 is 0 Å². The summed E-state index contributed by atoms with van der Waals surface area (Å²) in [6.07, 6.45) is 2.25. The Kier molecular flexibility index (Phi) is 2.37. The van der Waals surface area contributed by atoms with Gasteiger partial charge in [0, 0.05) is 17.0 Å². The van der Waals surface area contributed by atoms with E-state index in [-0.39, 0.29) is 0 Å². The quantitative estimate of drug-likeness (QED) is 0.876. The van der Waals surface area contributed by atoms with Crippen LogP contribution in [0.25, 0.3) is 10.9 Å². The third kappa shape index (κ3) is 1.76. The maximum atomic E-state index is 11.4. The number of aryl methyl sites for hydroxylation is 2. The van der Waals surface area contributed by atoms with Crippen LogP contribution in [-0.2, 0) is 0 Å². The minimum absolute atomic E-state index is 0.383. The van der Waals surface area contributed by atoms with Gasteiger partial charge in [-0.1, -0.05) is 11.6 Å². The Morgan fingerprint density at radius 1 is 1.28 bits per heavy atom. The molecule has 0 aliphatic heterocycles. The van der Waals surface area contributed by atoms with E-state index in [1.165, 1.54) is 0 Å². The third-order valence-electron chi connectivity index (χ3n) is 3.49. The van der Waals surface area contributed by atoms with Gasteiger partial charge in [0.25, 0.3) is 0 Å². The minimum atomic E-state index is -0.866. The molecule has 0 radical (unpaired) electrons. The number of nitrogens with zero attached hydrogens (tertiary/aromatic N) is 1. The van der Waals surface area contributed by atoms with Gasteiger partial charge < -0.3 is 5.11 Å². The summed E-state index contributed by atoms with van der Waals surface area (Å²) in [5.74, 6) is -0.400. The topological polar surface area (TPSA) is 50.2 Å². The normalized spacial score (nSPS) is 15.0. The number of hydrogen-bond acceptors (Lipinski definition) is 2. The fourth-order valence-corrected chi connectivity index (χ4v) is 2.47. The predicted molar refractivity (Wildman–Crippen MR) is 70.2 cm³/mol. The number of carboxylic acid groups (broad SMARTS) is 1. The molecule has 3 rings (SSSR count). The van der Waals surface area contributed by atoms with Gasteiger partial charge in [-0.3, -0.25) is 4.98 Å². The zero-order chi connectivity index (χ0) is 12.9. The smallest absolute Gasteiger partial charge is 0.336 e. The monoisotopic (exact) mass is 241 g/mol. The molecule has 18 heavy (non-hydrogen) atoms. The number of carbonyl (C=O) groups is 1. The maximum absolute atomic E-state index is 11.4. The van der Waals surface area contributed by atoms with Crippen molar-refractivity contribution in [3.63, 3.8) is 0 Å². The van der Waals surface area contributed by atoms with Crippen molar-refractivity contribution in [3.05, 3.63) is 40.6 Å². The first-order valence-electron chi connectivity index (χ1n) is 6.21. The van der Waals surface area contributed by atoms with E-state index in [4.69, 9.17) is 0 Å². The molecule has 1 aromatic carbocycles. The molecule has 0 unspecified atom stereocenters. The molecule has 92 valence electrons. The highest BCUT2D eigenvalue weighted by atomic mass is 16.4. The summed E-state index contributed by atoms with van der Waals surface area (Å²) >= 11 is 0. The van der Waals surface area contributed by atoms with Crippen LogP contribution in [0.2, 0.25) is 0 Å². The first-order chi connectivity index (χ1) is 8.56. The van der Waals surface area contributed by atoms with E-state index in [1.54, 1.807) is 6.07 Å². The highest BCUT2D eigenvalue weighted by Gasteiger charge is 2.27. The first-order valence-corrected chi connectivity index (χ1v) is 6.21. The lowest BCUT2D eigenvalue weighted by Gasteiger charge is -2.09. The van der Waals surface area contributed by atoms with Crippen molar-refractivity contribution in [2.75, 3.05) is 0 Å². The predicted octanol–water partition coefficient (Wildman–Crippen LogP) is 3.43. The van der Waals surface area contributed by atoms with E-state index in [9.17, 15) is 9.90 Å². The number of benzene rings is 1. The lowest BCUT2D eigenvalue weighted by Crippen LogP contribution is -2.02. The second-order valence-electron chi connectivity index (χ2n) is 5.15. The van der Waals surface area contributed by atoms with Crippen molar-refractivity contribution < 1.29 is 9.90 Å². The fourth-order valence-electron chi connectivity index (χ4n) is 2.47. The molecule has 1 heterocycles. The molecule has 1 N–H and O–H groups in total. The largest absolute Gasteiger partial charge is 0.478 e. The third-order valence-corrected chi connectivity index (χ3v) is 3.49. The van der Waals surface area contributed by atoms with E-state index >= 15 is 0 Å². The van der Waals surface area contributed by atoms with Crippen molar-refractivity contribution in [2.24, 2.45) is 0 Å². The molecule has 3 nitrogen and oxygen atoms in total. The van der Waals surface area contributed by atoms with Crippen LogP contribution in [0.4, 0.5) is 0 Å². The average molecular weight is 241 g/mol. The summed E-state index contributed by atoms with van der Waals surface area (Å²) in [5, 5.41) is 10.1. The molecule has 2 aromatic rings. The van der Waals surface area contributed by atoms with Gasteiger partial charge in [0.2, 0.25) is 0 Å². The van der Waals surface area contributed by atoms with Gasteiger partial charge in [0.15, 0.2) is 0 Å². The Balaban J connectivity index is 2.37. The van der Waals surface area contributed by atoms with Crippen LogP contribution in [0.3, 0.4) is 0 Å². The molecule has 0 spiro atoms. The lowest BCUT2D eigenvalue weighted by atomic mass is 10.0. The minimum Gasteiger partial charge on any atom is -0.478 e. The van der Waals surface area contributed by atoms with Gasteiger partial charge in [0.1, 0.15) is 0 Å². The number of aromatic carboxylic acids is 1. The van der Waals surface area contributed by atoms with Crippen LogP contribution in [-0.4, -0.2) is 16.1 Å².